The molecule has 8 nitrogen and oxygen atoms in total. The van der Waals surface area contributed by atoms with Crippen molar-refractivity contribution in [1.29, 1.82) is 0 Å². The number of fused-ring (bicyclic) bond motifs is 1. The van der Waals surface area contributed by atoms with Crippen LogP contribution in [-0.2, 0) is 4.79 Å². The number of H-pyrrole nitrogens is 1. The van der Waals surface area contributed by atoms with Gasteiger partial charge in [-0.15, -0.1) is 24.2 Å². The van der Waals surface area contributed by atoms with Crippen LogP contribution in [0.15, 0.2) is 23.8 Å². The SMILES string of the molecule is Cl.N[C@@H]1CCN(C(=O)C2=CN(c3ncnc4[nH]cnc34)CCS2)C1. The molecule has 2 aliphatic heterocycles. The largest absolute Gasteiger partial charge is 0.337 e. The Morgan fingerprint density at radius 2 is 2.21 bits per heavy atom. The summed E-state index contributed by atoms with van der Waals surface area (Å²) in [6.45, 7) is 2.14. The topological polar surface area (TPSA) is 104 Å². The summed E-state index contributed by atoms with van der Waals surface area (Å²) in [5, 5.41) is 0. The number of anilines is 1. The third-order valence-corrected chi connectivity index (χ3v) is 5.03. The fourth-order valence-electron chi connectivity index (χ4n) is 2.87. The van der Waals surface area contributed by atoms with Gasteiger partial charge in [0, 0.05) is 37.6 Å². The average Bonchev–Trinajstić information content (AvgIpc) is 3.22. The monoisotopic (exact) mass is 367 g/mol. The number of aromatic nitrogens is 4. The molecule has 128 valence electrons. The van der Waals surface area contributed by atoms with Crippen LogP contribution in [0.1, 0.15) is 6.42 Å². The van der Waals surface area contributed by atoms with Crippen molar-refractivity contribution in [2.45, 2.75) is 12.5 Å². The number of nitrogens with zero attached hydrogens (tertiary/aromatic N) is 5. The first kappa shape index (κ1) is 17.0. The van der Waals surface area contributed by atoms with Gasteiger partial charge in [0.15, 0.2) is 17.0 Å². The molecule has 1 amide bonds. The summed E-state index contributed by atoms with van der Waals surface area (Å²) in [5.74, 6) is 1.60. The molecule has 0 bridgehead atoms. The first-order chi connectivity index (χ1) is 11.2. The van der Waals surface area contributed by atoms with Gasteiger partial charge in [-0.25, -0.2) is 15.0 Å². The first-order valence-electron chi connectivity index (χ1n) is 7.52. The molecule has 4 rings (SSSR count). The number of carbonyl (C=O) groups excluding carboxylic acids is 1. The summed E-state index contributed by atoms with van der Waals surface area (Å²) in [5.41, 5.74) is 7.31. The number of thioether (sulfide) groups is 1. The number of rotatable bonds is 2. The number of nitrogens with two attached hydrogens (primary N) is 1. The number of likely N-dealkylation sites (tertiary alicyclic amines) is 1. The van der Waals surface area contributed by atoms with Crippen LogP contribution < -0.4 is 10.6 Å². The summed E-state index contributed by atoms with van der Waals surface area (Å²) in [7, 11) is 0. The molecule has 0 aromatic carbocycles. The van der Waals surface area contributed by atoms with Crippen LogP contribution in [0.4, 0.5) is 5.82 Å². The molecular weight excluding hydrogens is 350 g/mol. The van der Waals surface area contributed by atoms with E-state index < -0.39 is 0 Å². The van der Waals surface area contributed by atoms with Gasteiger partial charge in [-0.05, 0) is 6.42 Å². The zero-order valence-electron chi connectivity index (χ0n) is 12.9. The highest BCUT2D eigenvalue weighted by Gasteiger charge is 2.28. The molecule has 0 aliphatic carbocycles. The van der Waals surface area contributed by atoms with Gasteiger partial charge in [-0.2, -0.15) is 0 Å². The van der Waals surface area contributed by atoms with Crippen LogP contribution in [-0.4, -0.2) is 62.2 Å². The number of carbonyl (C=O) groups is 1. The molecule has 1 saturated heterocycles. The summed E-state index contributed by atoms with van der Waals surface area (Å²) in [4.78, 5) is 32.9. The first-order valence-corrected chi connectivity index (χ1v) is 8.51. The quantitative estimate of drug-likeness (QED) is 0.806. The summed E-state index contributed by atoms with van der Waals surface area (Å²) >= 11 is 1.58. The zero-order valence-corrected chi connectivity index (χ0v) is 14.5. The highest BCUT2D eigenvalue weighted by atomic mass is 35.5. The number of nitrogens with one attached hydrogen (secondary N) is 1. The zero-order chi connectivity index (χ0) is 15.8. The standard InChI is InChI=1S/C14H17N7OS.ClH/c15-9-1-2-21(5-9)14(22)10-6-20(3-4-23-10)13-11-12(17-7-16-11)18-8-19-13;/h6-9H,1-5,15H2,(H,16,17,18,19);1H/t9-;/m1./s1. The van der Waals surface area contributed by atoms with Gasteiger partial charge in [0.2, 0.25) is 0 Å². The maximum Gasteiger partial charge on any atom is 0.261 e. The van der Waals surface area contributed by atoms with E-state index in [1.807, 2.05) is 16.0 Å². The van der Waals surface area contributed by atoms with E-state index in [2.05, 4.69) is 19.9 Å². The van der Waals surface area contributed by atoms with E-state index in [-0.39, 0.29) is 24.4 Å². The van der Waals surface area contributed by atoms with Crippen LogP contribution in [0.3, 0.4) is 0 Å². The maximum atomic E-state index is 12.6. The van der Waals surface area contributed by atoms with Crippen molar-refractivity contribution in [2.24, 2.45) is 5.73 Å². The molecule has 1 atom stereocenters. The number of amides is 1. The van der Waals surface area contributed by atoms with E-state index in [1.54, 1.807) is 18.1 Å². The molecule has 2 aromatic heterocycles. The third kappa shape index (κ3) is 3.06. The van der Waals surface area contributed by atoms with E-state index in [4.69, 9.17) is 5.73 Å². The van der Waals surface area contributed by atoms with Gasteiger partial charge >= 0.3 is 0 Å². The van der Waals surface area contributed by atoms with Crippen molar-refractivity contribution in [1.82, 2.24) is 24.8 Å². The highest BCUT2D eigenvalue weighted by molar-refractivity contribution is 8.04. The number of hydrogen-bond donors (Lipinski definition) is 2. The molecule has 2 aliphatic rings. The minimum absolute atomic E-state index is 0. The lowest BCUT2D eigenvalue weighted by Crippen LogP contribution is -2.35. The lowest BCUT2D eigenvalue weighted by atomic mass is 10.3. The van der Waals surface area contributed by atoms with Crippen molar-refractivity contribution in [3.8, 4) is 0 Å². The van der Waals surface area contributed by atoms with E-state index in [0.717, 1.165) is 36.0 Å². The van der Waals surface area contributed by atoms with Gasteiger partial charge < -0.3 is 20.5 Å². The molecule has 0 unspecified atom stereocenters. The van der Waals surface area contributed by atoms with Crippen molar-refractivity contribution < 1.29 is 4.79 Å². The average molecular weight is 368 g/mol. The van der Waals surface area contributed by atoms with Crippen molar-refractivity contribution in [3.63, 3.8) is 0 Å². The smallest absolute Gasteiger partial charge is 0.261 e. The minimum atomic E-state index is 0. The Balaban J connectivity index is 0.00000169. The molecule has 24 heavy (non-hydrogen) atoms. The van der Waals surface area contributed by atoms with Crippen molar-refractivity contribution >= 4 is 47.1 Å². The van der Waals surface area contributed by atoms with Crippen LogP contribution in [0, 0.1) is 0 Å². The molecule has 10 heteroatoms. The van der Waals surface area contributed by atoms with Gasteiger partial charge in [0.1, 0.15) is 6.33 Å². The van der Waals surface area contributed by atoms with Gasteiger partial charge in [0.25, 0.3) is 5.91 Å². The van der Waals surface area contributed by atoms with E-state index in [0.29, 0.717) is 17.7 Å². The summed E-state index contributed by atoms with van der Waals surface area (Å²) < 4.78 is 0. The predicted molar refractivity (Wildman–Crippen MR) is 96.0 cm³/mol. The maximum absolute atomic E-state index is 12.6. The Bertz CT molecular complexity index is 779. The molecule has 3 N–H and O–H groups in total. The number of imidazole rings is 1. The molecule has 4 heterocycles. The van der Waals surface area contributed by atoms with Gasteiger partial charge in [-0.3, -0.25) is 4.79 Å². The molecule has 1 fully saturated rings. The van der Waals surface area contributed by atoms with Crippen LogP contribution >= 0.6 is 24.2 Å². The second-order valence-electron chi connectivity index (χ2n) is 5.63. The summed E-state index contributed by atoms with van der Waals surface area (Å²) in [6, 6.07) is 0.0924. The Morgan fingerprint density at radius 1 is 1.33 bits per heavy atom. The molecule has 0 spiro atoms. The van der Waals surface area contributed by atoms with E-state index >= 15 is 0 Å². The lowest BCUT2D eigenvalue weighted by molar-refractivity contribution is -0.125. The lowest BCUT2D eigenvalue weighted by Gasteiger charge is -2.27. The second kappa shape index (κ2) is 6.96. The number of aromatic amines is 1. The van der Waals surface area contributed by atoms with E-state index in [1.165, 1.54) is 6.33 Å². The van der Waals surface area contributed by atoms with Crippen LogP contribution in [0.5, 0.6) is 0 Å². The normalized spacial score (nSPS) is 20.9. The predicted octanol–water partition coefficient (Wildman–Crippen LogP) is 0.729. The third-order valence-electron chi connectivity index (χ3n) is 4.06. The van der Waals surface area contributed by atoms with Crippen molar-refractivity contribution in [3.05, 3.63) is 23.8 Å². The van der Waals surface area contributed by atoms with E-state index in [9.17, 15) is 4.79 Å². The highest BCUT2D eigenvalue weighted by Crippen LogP contribution is 2.29. The second-order valence-corrected chi connectivity index (χ2v) is 6.77. The Labute approximate surface area is 149 Å². The Hall–Kier alpha value is -1.84. The van der Waals surface area contributed by atoms with Crippen LogP contribution in [0.25, 0.3) is 11.2 Å². The number of hydrogen-bond acceptors (Lipinski definition) is 7. The van der Waals surface area contributed by atoms with Gasteiger partial charge in [0.05, 0.1) is 11.2 Å². The minimum Gasteiger partial charge on any atom is -0.337 e. The number of halogens is 1. The Kier molecular flexibility index (Phi) is 4.93. The van der Waals surface area contributed by atoms with Gasteiger partial charge in [-0.1, -0.05) is 0 Å². The van der Waals surface area contributed by atoms with Crippen molar-refractivity contribution in [2.75, 3.05) is 30.3 Å². The molecule has 0 radical (unpaired) electrons. The molecule has 0 saturated carbocycles. The Morgan fingerprint density at radius 3 is 3.00 bits per heavy atom. The molecule has 2 aromatic rings. The fourth-order valence-corrected chi connectivity index (χ4v) is 3.83. The fraction of sp³-hybridized carbons (Fsp3) is 0.429. The molecular formula is C14H18ClN7OS. The summed E-state index contributed by atoms with van der Waals surface area (Å²) in [6.07, 6.45) is 5.85. The van der Waals surface area contributed by atoms with Crippen LogP contribution in [0.2, 0.25) is 0 Å².